The standard InChI is InChI=1S/C14H19ClN4OS/c1-5-6-19-14(20)12(15)11(7-16-19)18-9(3)13-8(2)17-10(4)21-13/h7,9,18H,5-6H2,1-4H3. The van der Waals surface area contributed by atoms with E-state index in [-0.39, 0.29) is 16.6 Å². The summed E-state index contributed by atoms with van der Waals surface area (Å²) in [5, 5.41) is 8.61. The normalized spacial score (nSPS) is 12.4. The summed E-state index contributed by atoms with van der Waals surface area (Å²) in [6.45, 7) is 8.55. The molecule has 1 N–H and O–H groups in total. The van der Waals surface area contributed by atoms with Gasteiger partial charge in [-0.05, 0) is 27.2 Å². The van der Waals surface area contributed by atoms with Gasteiger partial charge in [-0.15, -0.1) is 11.3 Å². The highest BCUT2D eigenvalue weighted by atomic mass is 35.5. The summed E-state index contributed by atoms with van der Waals surface area (Å²) in [6.07, 6.45) is 2.45. The summed E-state index contributed by atoms with van der Waals surface area (Å²) in [6, 6.07) is 0.0249. The molecule has 0 saturated carbocycles. The predicted molar refractivity (Wildman–Crippen MR) is 87.4 cm³/mol. The van der Waals surface area contributed by atoms with Crippen LogP contribution in [-0.2, 0) is 6.54 Å². The third-order valence-electron chi connectivity index (χ3n) is 3.12. The van der Waals surface area contributed by atoms with Gasteiger partial charge in [0.05, 0.1) is 28.6 Å². The summed E-state index contributed by atoms with van der Waals surface area (Å²) in [4.78, 5) is 17.6. The molecule has 2 rings (SSSR count). The predicted octanol–water partition coefficient (Wildman–Crippen LogP) is 3.55. The second-order valence-electron chi connectivity index (χ2n) is 4.95. The molecule has 0 aliphatic carbocycles. The van der Waals surface area contributed by atoms with Gasteiger partial charge in [0, 0.05) is 11.4 Å². The maximum absolute atomic E-state index is 12.1. The fourth-order valence-corrected chi connectivity index (χ4v) is 3.32. The second kappa shape index (κ2) is 6.58. The number of aryl methyl sites for hydroxylation is 3. The van der Waals surface area contributed by atoms with Crippen molar-refractivity contribution >= 4 is 28.6 Å². The Morgan fingerprint density at radius 2 is 2.19 bits per heavy atom. The van der Waals surface area contributed by atoms with E-state index in [2.05, 4.69) is 15.4 Å². The fourth-order valence-electron chi connectivity index (χ4n) is 2.18. The topological polar surface area (TPSA) is 59.8 Å². The first kappa shape index (κ1) is 16.0. The van der Waals surface area contributed by atoms with Crippen molar-refractivity contribution < 1.29 is 0 Å². The van der Waals surface area contributed by atoms with E-state index in [0.717, 1.165) is 22.0 Å². The third kappa shape index (κ3) is 3.44. The lowest BCUT2D eigenvalue weighted by atomic mass is 10.2. The summed E-state index contributed by atoms with van der Waals surface area (Å²) >= 11 is 7.81. The molecule has 0 aliphatic rings. The number of nitrogens with one attached hydrogen (secondary N) is 1. The molecule has 0 spiro atoms. The van der Waals surface area contributed by atoms with Crippen LogP contribution in [-0.4, -0.2) is 14.8 Å². The van der Waals surface area contributed by atoms with E-state index in [9.17, 15) is 4.79 Å². The molecule has 0 aliphatic heterocycles. The van der Waals surface area contributed by atoms with Crippen LogP contribution in [0, 0.1) is 13.8 Å². The molecule has 0 fully saturated rings. The van der Waals surface area contributed by atoms with Crippen LogP contribution in [0.1, 0.15) is 41.9 Å². The molecule has 5 nitrogen and oxygen atoms in total. The van der Waals surface area contributed by atoms with Crippen LogP contribution in [0.2, 0.25) is 5.02 Å². The van der Waals surface area contributed by atoms with E-state index in [0.29, 0.717) is 12.2 Å². The van der Waals surface area contributed by atoms with E-state index in [1.165, 1.54) is 4.68 Å². The van der Waals surface area contributed by atoms with Gasteiger partial charge in [0.2, 0.25) is 0 Å². The van der Waals surface area contributed by atoms with Crippen LogP contribution in [0.5, 0.6) is 0 Å². The molecule has 114 valence electrons. The van der Waals surface area contributed by atoms with Gasteiger partial charge in [0.1, 0.15) is 5.02 Å². The SMILES string of the molecule is CCCn1ncc(NC(C)c2sc(C)nc2C)c(Cl)c1=O. The first-order valence-corrected chi connectivity index (χ1v) is 8.09. The van der Waals surface area contributed by atoms with Gasteiger partial charge in [-0.1, -0.05) is 18.5 Å². The molecule has 2 aromatic heterocycles. The summed E-state index contributed by atoms with van der Waals surface area (Å²) in [7, 11) is 0. The molecule has 0 radical (unpaired) electrons. The largest absolute Gasteiger partial charge is 0.375 e. The quantitative estimate of drug-likeness (QED) is 0.912. The minimum Gasteiger partial charge on any atom is -0.375 e. The molecule has 7 heteroatoms. The van der Waals surface area contributed by atoms with E-state index in [1.54, 1.807) is 17.5 Å². The number of hydrogen-bond acceptors (Lipinski definition) is 5. The number of aromatic nitrogens is 3. The first-order valence-electron chi connectivity index (χ1n) is 6.90. The smallest absolute Gasteiger partial charge is 0.287 e. The van der Waals surface area contributed by atoms with Crippen LogP contribution in [0.3, 0.4) is 0 Å². The summed E-state index contributed by atoms with van der Waals surface area (Å²) in [5.41, 5.74) is 1.31. The van der Waals surface area contributed by atoms with E-state index < -0.39 is 0 Å². The molecule has 2 heterocycles. The van der Waals surface area contributed by atoms with E-state index in [4.69, 9.17) is 11.6 Å². The highest BCUT2D eigenvalue weighted by molar-refractivity contribution is 7.11. The zero-order valence-electron chi connectivity index (χ0n) is 12.6. The van der Waals surface area contributed by atoms with Crippen molar-refractivity contribution in [2.75, 3.05) is 5.32 Å². The Morgan fingerprint density at radius 3 is 2.76 bits per heavy atom. The summed E-state index contributed by atoms with van der Waals surface area (Å²) in [5.74, 6) is 0. The number of rotatable bonds is 5. The maximum atomic E-state index is 12.1. The minimum atomic E-state index is -0.257. The highest BCUT2D eigenvalue weighted by Crippen LogP contribution is 2.28. The average Bonchev–Trinajstić information content (AvgIpc) is 2.77. The molecular formula is C14H19ClN4OS. The Morgan fingerprint density at radius 1 is 1.48 bits per heavy atom. The van der Waals surface area contributed by atoms with Crippen molar-refractivity contribution in [3.8, 4) is 0 Å². The molecule has 1 unspecified atom stereocenters. The Kier molecular flexibility index (Phi) is 5.00. The van der Waals surface area contributed by atoms with Gasteiger partial charge in [-0.2, -0.15) is 5.10 Å². The molecule has 0 amide bonds. The number of hydrogen-bond donors (Lipinski definition) is 1. The van der Waals surface area contributed by atoms with Gasteiger partial charge < -0.3 is 5.32 Å². The van der Waals surface area contributed by atoms with Crippen molar-refractivity contribution in [2.45, 2.75) is 46.7 Å². The van der Waals surface area contributed by atoms with Crippen molar-refractivity contribution in [2.24, 2.45) is 0 Å². The lowest BCUT2D eigenvalue weighted by Crippen LogP contribution is -2.24. The monoisotopic (exact) mass is 326 g/mol. The first-order chi connectivity index (χ1) is 9.93. The Labute approximate surface area is 133 Å². The van der Waals surface area contributed by atoms with Gasteiger partial charge in [-0.3, -0.25) is 4.79 Å². The molecule has 0 bridgehead atoms. The lowest BCUT2D eigenvalue weighted by molar-refractivity contribution is 0.568. The number of nitrogens with zero attached hydrogens (tertiary/aromatic N) is 3. The van der Waals surface area contributed by atoms with Gasteiger partial charge in [0.15, 0.2) is 0 Å². The minimum absolute atomic E-state index is 0.0249. The molecular weight excluding hydrogens is 308 g/mol. The molecule has 21 heavy (non-hydrogen) atoms. The third-order valence-corrected chi connectivity index (χ3v) is 4.75. The van der Waals surface area contributed by atoms with Gasteiger partial charge in [0.25, 0.3) is 5.56 Å². The van der Waals surface area contributed by atoms with Crippen molar-refractivity contribution in [1.29, 1.82) is 0 Å². The van der Waals surface area contributed by atoms with E-state index in [1.807, 2.05) is 27.7 Å². The maximum Gasteiger partial charge on any atom is 0.287 e. The van der Waals surface area contributed by atoms with Gasteiger partial charge in [-0.25, -0.2) is 9.67 Å². The van der Waals surface area contributed by atoms with Crippen molar-refractivity contribution in [3.05, 3.63) is 37.2 Å². The Hall–Kier alpha value is -1.40. The number of halogens is 1. The summed E-state index contributed by atoms with van der Waals surface area (Å²) < 4.78 is 1.39. The number of thiazole rings is 1. The van der Waals surface area contributed by atoms with Crippen LogP contribution in [0.15, 0.2) is 11.0 Å². The van der Waals surface area contributed by atoms with Crippen molar-refractivity contribution in [3.63, 3.8) is 0 Å². The molecule has 0 aromatic carbocycles. The molecule has 1 atom stereocenters. The Balaban J connectivity index is 2.26. The Bertz CT molecular complexity index is 695. The molecule has 0 saturated heterocycles. The number of anilines is 1. The van der Waals surface area contributed by atoms with Crippen LogP contribution in [0.4, 0.5) is 5.69 Å². The lowest BCUT2D eigenvalue weighted by Gasteiger charge is -2.15. The van der Waals surface area contributed by atoms with Crippen LogP contribution < -0.4 is 10.9 Å². The van der Waals surface area contributed by atoms with Crippen LogP contribution in [0.25, 0.3) is 0 Å². The van der Waals surface area contributed by atoms with Crippen LogP contribution >= 0.6 is 22.9 Å². The second-order valence-corrected chi connectivity index (χ2v) is 6.56. The van der Waals surface area contributed by atoms with E-state index >= 15 is 0 Å². The van der Waals surface area contributed by atoms with Gasteiger partial charge >= 0.3 is 0 Å². The fraction of sp³-hybridized carbons (Fsp3) is 0.500. The zero-order valence-corrected chi connectivity index (χ0v) is 14.2. The highest BCUT2D eigenvalue weighted by Gasteiger charge is 2.16. The molecule has 2 aromatic rings. The van der Waals surface area contributed by atoms with Crippen molar-refractivity contribution in [1.82, 2.24) is 14.8 Å². The zero-order chi connectivity index (χ0) is 15.6. The average molecular weight is 327 g/mol.